The molecule has 2 N–H and O–H groups in total. The van der Waals surface area contributed by atoms with Gasteiger partial charge in [0, 0.05) is 19.3 Å². The standard InChI is InChI=1S/C60H107O11P/c1-4-7-10-13-16-19-22-24-26-27-28-29-31-32-35-37-40-43-46-49-58(62)67-53-57(71-60(64)51-48-45-42-39-36-33-30-25-23-20-17-14-11-8-5-2)55-69-72(65,66)68-54-56(52-61)70-59(63)50-47-44-41-38-34-21-18-15-12-9-6-3/h8,11,17,20,24-26,30,36,39,56-57,61H,4-7,9-10,12-16,18-19,21-23,27-29,31-35,37-38,40-55H2,1-3H3,(H,65,66)/b11-8-,20-17-,26-24-,30-25-,39-36-. The molecule has 0 radical (unpaired) electrons. The van der Waals surface area contributed by atoms with Crippen LogP contribution in [0, 0.1) is 0 Å². The van der Waals surface area contributed by atoms with E-state index in [0.29, 0.717) is 19.3 Å². The van der Waals surface area contributed by atoms with Crippen molar-refractivity contribution in [3.63, 3.8) is 0 Å². The predicted octanol–water partition coefficient (Wildman–Crippen LogP) is 17.1. The molecule has 3 unspecified atom stereocenters. The molecule has 0 aliphatic heterocycles. The van der Waals surface area contributed by atoms with Gasteiger partial charge in [0.1, 0.15) is 12.7 Å². The van der Waals surface area contributed by atoms with Crippen LogP contribution in [-0.4, -0.2) is 66.5 Å². The summed E-state index contributed by atoms with van der Waals surface area (Å²) in [7, 11) is -4.75. The van der Waals surface area contributed by atoms with Crippen LogP contribution in [-0.2, 0) is 42.2 Å². The highest BCUT2D eigenvalue weighted by Gasteiger charge is 2.28. The van der Waals surface area contributed by atoms with E-state index in [2.05, 4.69) is 81.5 Å². The van der Waals surface area contributed by atoms with Crippen molar-refractivity contribution in [1.82, 2.24) is 0 Å². The summed E-state index contributed by atoms with van der Waals surface area (Å²) >= 11 is 0. The number of unbranched alkanes of at least 4 members (excludes halogenated alkanes) is 27. The molecule has 0 bridgehead atoms. The second-order valence-electron chi connectivity index (χ2n) is 19.4. The van der Waals surface area contributed by atoms with Crippen LogP contribution in [0.2, 0.25) is 0 Å². The molecular weight excluding hydrogens is 928 g/mol. The van der Waals surface area contributed by atoms with Crippen molar-refractivity contribution in [2.75, 3.05) is 26.4 Å². The van der Waals surface area contributed by atoms with Crippen molar-refractivity contribution in [1.29, 1.82) is 0 Å². The minimum Gasteiger partial charge on any atom is -0.462 e. The maximum absolute atomic E-state index is 12.9. The Balaban J connectivity index is 4.74. The molecule has 0 fully saturated rings. The minimum atomic E-state index is -4.75. The Morgan fingerprint density at radius 1 is 0.403 bits per heavy atom. The number of carbonyl (C=O) groups excluding carboxylic acids is 3. The normalized spacial score (nSPS) is 13.8. The van der Waals surface area contributed by atoms with Gasteiger partial charge in [-0.15, -0.1) is 0 Å². The Kier molecular flexibility index (Phi) is 52.3. The number of hydrogen-bond acceptors (Lipinski definition) is 10. The van der Waals surface area contributed by atoms with Crippen LogP contribution < -0.4 is 0 Å². The van der Waals surface area contributed by atoms with Crippen molar-refractivity contribution < 1.29 is 52.2 Å². The van der Waals surface area contributed by atoms with E-state index >= 15 is 0 Å². The molecule has 0 saturated carbocycles. The van der Waals surface area contributed by atoms with Gasteiger partial charge in [-0.05, 0) is 83.5 Å². The van der Waals surface area contributed by atoms with E-state index in [0.717, 1.165) is 77.0 Å². The average Bonchev–Trinajstić information content (AvgIpc) is 3.37. The quantitative estimate of drug-likeness (QED) is 0.0197. The van der Waals surface area contributed by atoms with Crippen molar-refractivity contribution >= 4 is 25.7 Å². The van der Waals surface area contributed by atoms with E-state index in [4.69, 9.17) is 23.3 Å². The molecule has 418 valence electrons. The fourth-order valence-electron chi connectivity index (χ4n) is 7.99. The monoisotopic (exact) mass is 1030 g/mol. The number of carbonyl (C=O) groups is 3. The topological polar surface area (TPSA) is 155 Å². The van der Waals surface area contributed by atoms with Crippen LogP contribution >= 0.6 is 7.82 Å². The Labute approximate surface area is 440 Å². The van der Waals surface area contributed by atoms with Gasteiger partial charge in [-0.25, -0.2) is 4.57 Å². The highest BCUT2D eigenvalue weighted by molar-refractivity contribution is 7.47. The van der Waals surface area contributed by atoms with Crippen LogP contribution in [0.4, 0.5) is 0 Å². The lowest BCUT2D eigenvalue weighted by atomic mass is 10.1. The third-order valence-corrected chi connectivity index (χ3v) is 13.4. The maximum Gasteiger partial charge on any atom is 0.472 e. The third-order valence-electron chi connectivity index (χ3n) is 12.4. The Bertz CT molecular complexity index is 1440. The predicted molar refractivity (Wildman–Crippen MR) is 298 cm³/mol. The zero-order valence-corrected chi connectivity index (χ0v) is 47.0. The molecule has 3 atom stereocenters. The summed E-state index contributed by atoms with van der Waals surface area (Å²) in [6.45, 7) is 4.49. The summed E-state index contributed by atoms with van der Waals surface area (Å²) in [6.07, 6.45) is 59.0. The molecule has 0 heterocycles. The Hall–Kier alpha value is -2.82. The second kappa shape index (κ2) is 54.4. The number of phosphoric acid groups is 1. The van der Waals surface area contributed by atoms with E-state index in [9.17, 15) is 28.9 Å². The molecule has 0 aliphatic rings. The van der Waals surface area contributed by atoms with Gasteiger partial charge >= 0.3 is 25.7 Å². The first kappa shape index (κ1) is 69.2. The summed E-state index contributed by atoms with van der Waals surface area (Å²) in [5.74, 6) is -1.51. The number of aliphatic hydroxyl groups is 1. The SMILES string of the molecule is CC/C=C\C/C=C\C/C=C\C/C=C\CCCCC(=O)OC(COC(=O)CCCCCCCCCCC/C=C\CCCCCCCC)COP(=O)(O)OCC(CO)OC(=O)CCCCCCCCCCCCC. The number of rotatable bonds is 54. The third kappa shape index (κ3) is 52.1. The zero-order valence-electron chi connectivity index (χ0n) is 46.1. The molecule has 0 spiro atoms. The van der Waals surface area contributed by atoms with Gasteiger partial charge in [0.05, 0.1) is 19.8 Å². The molecule has 0 aromatic heterocycles. The first-order valence-corrected chi connectivity index (χ1v) is 30.7. The molecule has 72 heavy (non-hydrogen) atoms. The Morgan fingerprint density at radius 2 is 0.722 bits per heavy atom. The second-order valence-corrected chi connectivity index (χ2v) is 20.9. The molecular formula is C60H107O11P. The minimum absolute atomic E-state index is 0.116. The first-order valence-electron chi connectivity index (χ1n) is 29.2. The van der Waals surface area contributed by atoms with Gasteiger partial charge in [0.25, 0.3) is 0 Å². The fraction of sp³-hybridized carbons (Fsp3) is 0.783. The van der Waals surface area contributed by atoms with Crippen LogP contribution in [0.3, 0.4) is 0 Å². The van der Waals surface area contributed by atoms with E-state index in [1.54, 1.807) is 0 Å². The summed E-state index contributed by atoms with van der Waals surface area (Å²) in [6, 6.07) is 0. The van der Waals surface area contributed by atoms with Crippen molar-refractivity contribution in [2.45, 2.75) is 277 Å². The largest absolute Gasteiger partial charge is 0.472 e. The van der Waals surface area contributed by atoms with Gasteiger partial charge in [0.2, 0.25) is 0 Å². The van der Waals surface area contributed by atoms with Crippen LogP contribution in [0.15, 0.2) is 60.8 Å². The lowest BCUT2D eigenvalue weighted by molar-refractivity contribution is -0.161. The van der Waals surface area contributed by atoms with Crippen molar-refractivity contribution in [3.8, 4) is 0 Å². The van der Waals surface area contributed by atoms with Gasteiger partial charge in [-0.3, -0.25) is 23.4 Å². The van der Waals surface area contributed by atoms with Gasteiger partial charge < -0.3 is 24.2 Å². The van der Waals surface area contributed by atoms with E-state index < -0.39 is 57.8 Å². The average molecular weight is 1040 g/mol. The van der Waals surface area contributed by atoms with Crippen LogP contribution in [0.25, 0.3) is 0 Å². The van der Waals surface area contributed by atoms with Gasteiger partial charge in [-0.1, -0.05) is 223 Å². The number of aliphatic hydroxyl groups excluding tert-OH is 1. The lowest BCUT2D eigenvalue weighted by Gasteiger charge is -2.21. The Morgan fingerprint density at radius 3 is 1.15 bits per heavy atom. The highest BCUT2D eigenvalue weighted by Crippen LogP contribution is 2.43. The molecule has 12 heteroatoms. The number of allylic oxidation sites excluding steroid dienone is 10. The summed E-state index contributed by atoms with van der Waals surface area (Å²) in [5, 5.41) is 9.79. The molecule has 0 amide bonds. The lowest BCUT2D eigenvalue weighted by Crippen LogP contribution is -2.30. The molecule has 11 nitrogen and oxygen atoms in total. The molecule has 0 aromatic carbocycles. The molecule has 0 aromatic rings. The van der Waals surface area contributed by atoms with Gasteiger partial charge in [-0.2, -0.15) is 0 Å². The molecule has 0 aliphatic carbocycles. The maximum atomic E-state index is 12.9. The number of esters is 3. The molecule has 0 rings (SSSR count). The van der Waals surface area contributed by atoms with Gasteiger partial charge in [0.15, 0.2) is 6.10 Å². The van der Waals surface area contributed by atoms with Crippen LogP contribution in [0.1, 0.15) is 265 Å². The highest BCUT2D eigenvalue weighted by atomic mass is 31.2. The van der Waals surface area contributed by atoms with Crippen molar-refractivity contribution in [2.24, 2.45) is 0 Å². The number of phosphoric ester groups is 1. The van der Waals surface area contributed by atoms with Crippen LogP contribution in [0.5, 0.6) is 0 Å². The van der Waals surface area contributed by atoms with E-state index in [1.165, 1.54) is 128 Å². The summed E-state index contributed by atoms with van der Waals surface area (Å²) < 4.78 is 39.5. The first-order chi connectivity index (χ1) is 35.2. The number of ether oxygens (including phenoxy) is 3. The summed E-state index contributed by atoms with van der Waals surface area (Å²) in [4.78, 5) is 48.5. The fourth-order valence-corrected chi connectivity index (χ4v) is 8.77. The zero-order chi connectivity index (χ0) is 52.7. The van der Waals surface area contributed by atoms with E-state index in [1.807, 2.05) is 0 Å². The molecule has 0 saturated heterocycles. The van der Waals surface area contributed by atoms with Crippen molar-refractivity contribution in [3.05, 3.63) is 60.8 Å². The smallest absolute Gasteiger partial charge is 0.462 e. The summed E-state index contributed by atoms with van der Waals surface area (Å²) in [5.41, 5.74) is 0. The van der Waals surface area contributed by atoms with E-state index in [-0.39, 0.29) is 25.9 Å². The number of hydrogen-bond donors (Lipinski definition) is 2.